The van der Waals surface area contributed by atoms with Crippen molar-refractivity contribution in [2.75, 3.05) is 0 Å². The summed E-state index contributed by atoms with van der Waals surface area (Å²) >= 11 is 0. The van der Waals surface area contributed by atoms with Gasteiger partial charge >= 0.3 is 6.03 Å². The van der Waals surface area contributed by atoms with Crippen LogP contribution in [-0.4, -0.2) is 22.5 Å². The van der Waals surface area contributed by atoms with Crippen LogP contribution in [0.1, 0.15) is 19.8 Å². The van der Waals surface area contributed by atoms with Crippen LogP contribution in [0, 0.1) is 0 Å². The van der Waals surface area contributed by atoms with E-state index in [0.717, 1.165) is 11.3 Å². The zero-order valence-electron chi connectivity index (χ0n) is 12.7. The summed E-state index contributed by atoms with van der Waals surface area (Å²) < 4.78 is 5.80. The van der Waals surface area contributed by atoms with Gasteiger partial charge in [-0.2, -0.15) is 0 Å². The molecule has 23 heavy (non-hydrogen) atoms. The maximum absolute atomic E-state index is 12.2. The summed E-state index contributed by atoms with van der Waals surface area (Å²) in [7, 11) is 0. The minimum Gasteiger partial charge on any atom is -0.461 e. The third kappa shape index (κ3) is 2.88. The molecule has 6 heteroatoms. The number of carbonyl (C=O) groups is 2. The number of allylic oxidation sites excluding steroid dienone is 3. The molecular formula is C17H17N3O3. The first-order chi connectivity index (χ1) is 11.1. The molecule has 0 spiro atoms. The molecule has 2 aliphatic rings. The highest BCUT2D eigenvalue weighted by molar-refractivity contribution is 6.09. The maximum Gasteiger partial charge on any atom is 0.322 e. The Morgan fingerprint density at radius 2 is 2.04 bits per heavy atom. The van der Waals surface area contributed by atoms with Gasteiger partial charge in [-0.05, 0) is 30.2 Å². The van der Waals surface area contributed by atoms with Crippen molar-refractivity contribution in [3.63, 3.8) is 0 Å². The Morgan fingerprint density at radius 3 is 2.70 bits per heavy atom. The highest BCUT2D eigenvalue weighted by atomic mass is 16.5. The standard InChI is InChI=1S/C17H17N3O3/c1-2-17(15(21)19-16(22)20-17)12-4-3-5-13(7-6-12)23-14-8-10-18-11-9-14/h3-4,6-11H,2,5H2,1H3,(H2,19,20,21,22). The van der Waals surface area contributed by atoms with Crippen LogP contribution in [0.15, 0.2) is 60.2 Å². The number of amides is 3. The van der Waals surface area contributed by atoms with Crippen LogP contribution in [-0.2, 0) is 4.79 Å². The number of pyridine rings is 1. The second-order valence-corrected chi connectivity index (χ2v) is 5.31. The maximum atomic E-state index is 12.2. The van der Waals surface area contributed by atoms with Crippen molar-refractivity contribution in [3.05, 3.63) is 60.2 Å². The second kappa shape index (κ2) is 6.08. The van der Waals surface area contributed by atoms with Crippen molar-refractivity contribution in [2.45, 2.75) is 25.3 Å². The number of rotatable bonds is 4. The number of imide groups is 1. The lowest BCUT2D eigenvalue weighted by Crippen LogP contribution is -2.47. The van der Waals surface area contributed by atoms with Crippen LogP contribution in [0.2, 0.25) is 0 Å². The molecule has 1 unspecified atom stereocenters. The summed E-state index contributed by atoms with van der Waals surface area (Å²) in [5.41, 5.74) is -0.285. The van der Waals surface area contributed by atoms with Gasteiger partial charge in [0.2, 0.25) is 0 Å². The molecule has 0 saturated carbocycles. The Bertz CT molecular complexity index is 722. The van der Waals surface area contributed by atoms with E-state index in [0.29, 0.717) is 18.6 Å². The summed E-state index contributed by atoms with van der Waals surface area (Å²) in [4.78, 5) is 27.7. The number of nitrogens with zero attached hydrogens (tertiary/aromatic N) is 1. The van der Waals surface area contributed by atoms with Gasteiger partial charge in [0.15, 0.2) is 0 Å². The Balaban J connectivity index is 1.87. The summed E-state index contributed by atoms with van der Waals surface area (Å²) in [6.07, 6.45) is 11.8. The molecule has 1 aliphatic heterocycles. The van der Waals surface area contributed by atoms with Gasteiger partial charge in [0.1, 0.15) is 17.0 Å². The average molecular weight is 311 g/mol. The van der Waals surface area contributed by atoms with Crippen molar-refractivity contribution < 1.29 is 14.3 Å². The third-order valence-electron chi connectivity index (χ3n) is 3.93. The number of hydrogen-bond acceptors (Lipinski definition) is 4. The Kier molecular flexibility index (Phi) is 3.97. The number of hydrogen-bond donors (Lipinski definition) is 2. The summed E-state index contributed by atoms with van der Waals surface area (Å²) in [6.45, 7) is 1.86. The summed E-state index contributed by atoms with van der Waals surface area (Å²) in [5, 5.41) is 5.04. The Hall–Kier alpha value is -2.89. The third-order valence-corrected chi connectivity index (χ3v) is 3.93. The molecule has 0 aromatic carbocycles. The Labute approximate surface area is 133 Å². The average Bonchev–Trinajstić information content (AvgIpc) is 2.72. The number of carbonyl (C=O) groups excluding carboxylic acids is 2. The predicted molar refractivity (Wildman–Crippen MR) is 84.5 cm³/mol. The molecule has 118 valence electrons. The van der Waals surface area contributed by atoms with E-state index in [1.807, 2.05) is 31.2 Å². The lowest BCUT2D eigenvalue weighted by Gasteiger charge is -2.25. The lowest BCUT2D eigenvalue weighted by molar-refractivity contribution is -0.122. The summed E-state index contributed by atoms with van der Waals surface area (Å²) in [6, 6.07) is 3.09. The minimum atomic E-state index is -1.02. The van der Waals surface area contributed by atoms with Crippen LogP contribution in [0.25, 0.3) is 0 Å². The smallest absolute Gasteiger partial charge is 0.322 e. The monoisotopic (exact) mass is 311 g/mol. The fourth-order valence-corrected chi connectivity index (χ4v) is 2.67. The molecule has 0 radical (unpaired) electrons. The van der Waals surface area contributed by atoms with E-state index in [-0.39, 0.29) is 5.91 Å². The van der Waals surface area contributed by atoms with Gasteiger partial charge in [0.05, 0.1) is 0 Å². The fraction of sp³-hybridized carbons (Fsp3) is 0.235. The molecule has 3 rings (SSSR count). The zero-order chi connectivity index (χ0) is 16.3. The number of urea groups is 1. The first kappa shape index (κ1) is 15.0. The van der Waals surface area contributed by atoms with Gasteiger partial charge < -0.3 is 10.1 Å². The van der Waals surface area contributed by atoms with Crippen LogP contribution < -0.4 is 15.4 Å². The van der Waals surface area contributed by atoms with Crippen LogP contribution in [0.4, 0.5) is 4.79 Å². The molecule has 1 aliphatic carbocycles. The van der Waals surface area contributed by atoms with E-state index in [1.165, 1.54) is 0 Å². The van der Waals surface area contributed by atoms with E-state index < -0.39 is 11.6 Å². The van der Waals surface area contributed by atoms with Gasteiger partial charge in [-0.3, -0.25) is 15.1 Å². The molecule has 1 saturated heterocycles. The van der Waals surface area contributed by atoms with Crippen molar-refractivity contribution in [2.24, 2.45) is 0 Å². The highest BCUT2D eigenvalue weighted by Crippen LogP contribution is 2.28. The Morgan fingerprint density at radius 1 is 1.26 bits per heavy atom. The molecule has 6 nitrogen and oxygen atoms in total. The van der Waals surface area contributed by atoms with Crippen molar-refractivity contribution >= 4 is 11.9 Å². The molecule has 1 aromatic heterocycles. The SMILES string of the molecule is CCC1(C2=CC=C(Oc3ccncc3)CC=C2)NC(=O)NC1=O. The minimum absolute atomic E-state index is 0.326. The van der Waals surface area contributed by atoms with Crippen LogP contribution in [0.3, 0.4) is 0 Å². The molecule has 2 heterocycles. The lowest BCUT2D eigenvalue weighted by atomic mass is 9.86. The van der Waals surface area contributed by atoms with Crippen molar-refractivity contribution in [1.82, 2.24) is 15.6 Å². The predicted octanol–water partition coefficient (Wildman–Crippen LogP) is 2.22. The van der Waals surface area contributed by atoms with Gasteiger partial charge in [-0.15, -0.1) is 0 Å². The van der Waals surface area contributed by atoms with Crippen molar-refractivity contribution in [1.29, 1.82) is 0 Å². The van der Waals surface area contributed by atoms with Gasteiger partial charge in [-0.25, -0.2) is 4.79 Å². The summed E-state index contributed by atoms with van der Waals surface area (Å²) in [5.74, 6) is 1.12. The molecule has 1 fully saturated rings. The zero-order valence-corrected chi connectivity index (χ0v) is 12.7. The van der Waals surface area contributed by atoms with E-state index in [2.05, 4.69) is 15.6 Å². The molecule has 1 atom stereocenters. The topological polar surface area (TPSA) is 80.3 Å². The van der Waals surface area contributed by atoms with E-state index >= 15 is 0 Å². The van der Waals surface area contributed by atoms with Gasteiger partial charge in [-0.1, -0.05) is 25.2 Å². The van der Waals surface area contributed by atoms with E-state index in [1.54, 1.807) is 24.5 Å². The molecule has 1 aromatic rings. The van der Waals surface area contributed by atoms with Crippen molar-refractivity contribution in [3.8, 4) is 5.75 Å². The molecule has 2 N–H and O–H groups in total. The number of ether oxygens (including phenoxy) is 1. The quantitative estimate of drug-likeness (QED) is 0.836. The normalized spacial score (nSPS) is 23.5. The van der Waals surface area contributed by atoms with Gasteiger partial charge in [0.25, 0.3) is 5.91 Å². The molecule has 3 amide bonds. The first-order valence-corrected chi connectivity index (χ1v) is 7.43. The first-order valence-electron chi connectivity index (χ1n) is 7.43. The molecular weight excluding hydrogens is 294 g/mol. The number of aromatic nitrogens is 1. The van der Waals surface area contributed by atoms with E-state index in [4.69, 9.17) is 4.74 Å². The second-order valence-electron chi connectivity index (χ2n) is 5.31. The highest BCUT2D eigenvalue weighted by Gasteiger charge is 2.46. The van der Waals surface area contributed by atoms with Gasteiger partial charge in [0, 0.05) is 18.8 Å². The van der Waals surface area contributed by atoms with Crippen LogP contribution >= 0.6 is 0 Å². The molecule has 0 bridgehead atoms. The van der Waals surface area contributed by atoms with Crippen LogP contribution in [0.5, 0.6) is 5.75 Å². The fourth-order valence-electron chi connectivity index (χ4n) is 2.67. The largest absolute Gasteiger partial charge is 0.461 e. The number of nitrogens with one attached hydrogen (secondary N) is 2. The van der Waals surface area contributed by atoms with E-state index in [9.17, 15) is 9.59 Å².